The smallest absolute Gasteiger partial charge is 0.305 e. The van der Waals surface area contributed by atoms with E-state index in [1.54, 1.807) is 48.5 Å². The topological polar surface area (TPSA) is 72.5 Å². The molecule has 27 heavy (non-hydrogen) atoms. The Labute approximate surface area is 163 Å². The van der Waals surface area contributed by atoms with Crippen LogP contribution < -0.4 is 5.32 Å². The Hall–Kier alpha value is -2.66. The Balaban J connectivity index is 1.94. The largest absolute Gasteiger partial charge is 0.469 e. The van der Waals surface area contributed by atoms with Crippen molar-refractivity contribution in [2.24, 2.45) is 0 Å². The summed E-state index contributed by atoms with van der Waals surface area (Å²) in [6, 6.07) is 13.3. The highest BCUT2D eigenvalue weighted by molar-refractivity contribution is 6.30. The van der Waals surface area contributed by atoms with Crippen LogP contribution in [0.4, 0.5) is 0 Å². The molecular formula is C21H22ClNO4. The first-order valence-electron chi connectivity index (χ1n) is 8.77. The molecule has 0 saturated carbocycles. The number of amides is 1. The second kappa shape index (κ2) is 10.5. The number of hydrogen-bond donors (Lipinski definition) is 1. The molecule has 0 heterocycles. The van der Waals surface area contributed by atoms with Gasteiger partial charge in [0.2, 0.25) is 0 Å². The molecule has 0 aliphatic carbocycles. The first-order chi connectivity index (χ1) is 13.0. The molecule has 0 aliphatic heterocycles. The SMILES string of the molecule is COC(=O)CCCCCNC(=O)c1ccccc1C(=O)c1ccc(Cl)cc1. The van der Waals surface area contributed by atoms with Crippen LogP contribution in [0.2, 0.25) is 5.02 Å². The molecular weight excluding hydrogens is 366 g/mol. The number of esters is 1. The molecule has 1 amide bonds. The van der Waals surface area contributed by atoms with Crippen molar-refractivity contribution in [1.82, 2.24) is 5.32 Å². The van der Waals surface area contributed by atoms with Gasteiger partial charge in [-0.3, -0.25) is 14.4 Å². The van der Waals surface area contributed by atoms with Crippen molar-refractivity contribution in [3.05, 3.63) is 70.2 Å². The van der Waals surface area contributed by atoms with Gasteiger partial charge in [-0.05, 0) is 43.2 Å². The molecule has 0 radical (unpaired) electrons. The lowest BCUT2D eigenvalue weighted by molar-refractivity contribution is -0.140. The maximum atomic E-state index is 12.7. The lowest BCUT2D eigenvalue weighted by Gasteiger charge is -2.10. The number of methoxy groups -OCH3 is 1. The highest BCUT2D eigenvalue weighted by atomic mass is 35.5. The number of carbonyl (C=O) groups is 3. The van der Waals surface area contributed by atoms with E-state index < -0.39 is 0 Å². The minimum Gasteiger partial charge on any atom is -0.469 e. The van der Waals surface area contributed by atoms with Gasteiger partial charge in [0.15, 0.2) is 5.78 Å². The van der Waals surface area contributed by atoms with Crippen LogP contribution in [0.5, 0.6) is 0 Å². The molecule has 0 bridgehead atoms. The third-order valence-corrected chi connectivity index (χ3v) is 4.35. The molecule has 142 valence electrons. The van der Waals surface area contributed by atoms with Crippen LogP contribution in [0.1, 0.15) is 52.0 Å². The molecule has 0 unspecified atom stereocenters. The van der Waals surface area contributed by atoms with Gasteiger partial charge in [-0.2, -0.15) is 0 Å². The van der Waals surface area contributed by atoms with Gasteiger partial charge >= 0.3 is 5.97 Å². The summed E-state index contributed by atoms with van der Waals surface area (Å²) in [5.74, 6) is -0.745. The summed E-state index contributed by atoms with van der Waals surface area (Å²) in [5, 5.41) is 3.37. The van der Waals surface area contributed by atoms with E-state index in [4.69, 9.17) is 11.6 Å². The predicted octanol–water partition coefficient (Wildman–Crippen LogP) is 4.03. The molecule has 2 aromatic rings. The first-order valence-corrected chi connectivity index (χ1v) is 9.15. The average molecular weight is 388 g/mol. The molecule has 0 spiro atoms. The standard InChI is InChI=1S/C21H22ClNO4/c1-27-19(24)9-3-2-6-14-23-21(26)18-8-5-4-7-17(18)20(25)15-10-12-16(22)13-11-15/h4-5,7-8,10-13H,2-3,6,9,14H2,1H3,(H,23,26). The highest BCUT2D eigenvalue weighted by Crippen LogP contribution is 2.17. The van der Waals surface area contributed by atoms with E-state index in [9.17, 15) is 14.4 Å². The Morgan fingerprint density at radius 3 is 2.26 bits per heavy atom. The number of hydrogen-bond acceptors (Lipinski definition) is 4. The van der Waals surface area contributed by atoms with Crippen molar-refractivity contribution < 1.29 is 19.1 Å². The fraction of sp³-hybridized carbons (Fsp3) is 0.286. The first kappa shape index (κ1) is 20.6. The fourth-order valence-electron chi connectivity index (χ4n) is 2.61. The molecule has 1 N–H and O–H groups in total. The molecule has 5 nitrogen and oxygen atoms in total. The summed E-state index contributed by atoms with van der Waals surface area (Å²) in [5.41, 5.74) is 1.16. The molecule has 2 rings (SSSR count). The number of ketones is 1. The van der Waals surface area contributed by atoms with Gasteiger partial charge in [0.25, 0.3) is 5.91 Å². The maximum Gasteiger partial charge on any atom is 0.305 e. The molecule has 0 atom stereocenters. The quantitative estimate of drug-likeness (QED) is 0.400. The normalized spacial score (nSPS) is 10.3. The van der Waals surface area contributed by atoms with Crippen LogP contribution in [0.15, 0.2) is 48.5 Å². The fourth-order valence-corrected chi connectivity index (χ4v) is 2.73. The minimum absolute atomic E-state index is 0.226. The van der Waals surface area contributed by atoms with E-state index in [0.29, 0.717) is 41.1 Å². The molecule has 2 aromatic carbocycles. The Morgan fingerprint density at radius 1 is 0.926 bits per heavy atom. The van der Waals surface area contributed by atoms with Crippen LogP contribution in [0.25, 0.3) is 0 Å². The lowest BCUT2D eigenvalue weighted by atomic mass is 9.98. The van der Waals surface area contributed by atoms with Gasteiger partial charge in [0.05, 0.1) is 12.7 Å². The van der Waals surface area contributed by atoms with E-state index in [0.717, 1.165) is 12.8 Å². The number of ether oxygens (including phenoxy) is 1. The summed E-state index contributed by atoms with van der Waals surface area (Å²) in [6.45, 7) is 0.476. The summed E-state index contributed by atoms with van der Waals surface area (Å²) >= 11 is 5.86. The van der Waals surface area contributed by atoms with Gasteiger partial charge in [0.1, 0.15) is 0 Å². The summed E-state index contributed by atoms with van der Waals surface area (Å²) in [7, 11) is 1.37. The van der Waals surface area contributed by atoms with E-state index >= 15 is 0 Å². The van der Waals surface area contributed by atoms with Gasteiger partial charge in [-0.25, -0.2) is 0 Å². The van der Waals surface area contributed by atoms with E-state index in [1.165, 1.54) is 7.11 Å². The molecule has 0 aromatic heterocycles. The molecule has 0 saturated heterocycles. The third kappa shape index (κ3) is 6.22. The Kier molecular flexibility index (Phi) is 8.01. The van der Waals surface area contributed by atoms with Crippen molar-refractivity contribution in [2.45, 2.75) is 25.7 Å². The molecule has 6 heteroatoms. The number of benzene rings is 2. The van der Waals surface area contributed by atoms with Crippen molar-refractivity contribution in [2.75, 3.05) is 13.7 Å². The summed E-state index contributed by atoms with van der Waals surface area (Å²) in [4.78, 5) is 36.3. The van der Waals surface area contributed by atoms with Crippen molar-refractivity contribution in [3.8, 4) is 0 Å². The van der Waals surface area contributed by atoms with E-state index in [2.05, 4.69) is 10.1 Å². The average Bonchev–Trinajstić information content (AvgIpc) is 2.70. The van der Waals surface area contributed by atoms with E-state index in [1.807, 2.05) is 0 Å². The van der Waals surface area contributed by atoms with Gasteiger partial charge < -0.3 is 10.1 Å². The zero-order chi connectivity index (χ0) is 19.6. The number of nitrogens with one attached hydrogen (secondary N) is 1. The Bertz CT molecular complexity index is 802. The van der Waals surface area contributed by atoms with Gasteiger partial charge in [0, 0.05) is 29.1 Å². The van der Waals surface area contributed by atoms with Crippen molar-refractivity contribution >= 4 is 29.3 Å². The second-order valence-electron chi connectivity index (χ2n) is 6.02. The van der Waals surface area contributed by atoms with Crippen molar-refractivity contribution in [3.63, 3.8) is 0 Å². The number of unbranched alkanes of at least 4 members (excludes halogenated alkanes) is 2. The van der Waals surface area contributed by atoms with Crippen molar-refractivity contribution in [1.29, 1.82) is 0 Å². The maximum absolute atomic E-state index is 12.7. The number of halogens is 1. The van der Waals surface area contributed by atoms with Gasteiger partial charge in [-0.1, -0.05) is 36.2 Å². The third-order valence-electron chi connectivity index (χ3n) is 4.09. The van der Waals surface area contributed by atoms with Crippen LogP contribution in [-0.4, -0.2) is 31.3 Å². The van der Waals surface area contributed by atoms with Crippen LogP contribution in [-0.2, 0) is 9.53 Å². The minimum atomic E-state index is -0.291. The zero-order valence-electron chi connectivity index (χ0n) is 15.2. The van der Waals surface area contributed by atoms with Crippen LogP contribution in [0, 0.1) is 0 Å². The van der Waals surface area contributed by atoms with Crippen LogP contribution in [0.3, 0.4) is 0 Å². The van der Waals surface area contributed by atoms with E-state index in [-0.39, 0.29) is 17.7 Å². The molecule has 0 fully saturated rings. The predicted molar refractivity (Wildman–Crippen MR) is 104 cm³/mol. The second-order valence-corrected chi connectivity index (χ2v) is 6.46. The van der Waals surface area contributed by atoms with Crippen LogP contribution >= 0.6 is 11.6 Å². The number of carbonyl (C=O) groups excluding carboxylic acids is 3. The zero-order valence-corrected chi connectivity index (χ0v) is 15.9. The summed E-state index contributed by atoms with van der Waals surface area (Å²) < 4.78 is 4.58. The lowest BCUT2D eigenvalue weighted by Crippen LogP contribution is -2.26. The summed E-state index contributed by atoms with van der Waals surface area (Å²) in [6.07, 6.45) is 2.65. The number of rotatable bonds is 9. The Morgan fingerprint density at radius 2 is 1.59 bits per heavy atom. The monoisotopic (exact) mass is 387 g/mol. The molecule has 0 aliphatic rings. The highest BCUT2D eigenvalue weighted by Gasteiger charge is 2.17. The van der Waals surface area contributed by atoms with Gasteiger partial charge in [-0.15, -0.1) is 0 Å².